The summed E-state index contributed by atoms with van der Waals surface area (Å²) in [5.41, 5.74) is 2.49. The number of thiazole rings is 1. The summed E-state index contributed by atoms with van der Waals surface area (Å²) in [7, 11) is 4.79. The lowest BCUT2D eigenvalue weighted by molar-refractivity contribution is -0.111. The normalized spacial score (nSPS) is 10.7. The number of nitrogens with zero attached hydrogens (tertiary/aromatic N) is 1. The quantitative estimate of drug-likeness (QED) is 0.596. The first-order valence-electron chi connectivity index (χ1n) is 8.44. The molecule has 1 heterocycles. The van der Waals surface area contributed by atoms with Gasteiger partial charge in [0.05, 0.1) is 27.0 Å². The van der Waals surface area contributed by atoms with Crippen LogP contribution in [-0.4, -0.2) is 32.2 Å². The fraction of sp³-hybridized carbons (Fsp3) is 0.143. The molecule has 0 aliphatic carbocycles. The van der Waals surface area contributed by atoms with Crippen molar-refractivity contribution >= 4 is 28.5 Å². The Bertz CT molecular complexity index is 980. The SMILES string of the molecule is COc1ccc(-c2csc(NC(=O)/C=C/c3cc(OC)ccc3OC)n2)cc1. The van der Waals surface area contributed by atoms with Crippen LogP contribution >= 0.6 is 11.3 Å². The van der Waals surface area contributed by atoms with Crippen LogP contribution in [-0.2, 0) is 4.79 Å². The van der Waals surface area contributed by atoms with Crippen LogP contribution in [0.4, 0.5) is 5.13 Å². The standard InChI is InChI=1S/C21H20N2O4S/c1-25-16-7-4-14(5-8-16)18-13-28-21(22-18)23-20(24)11-6-15-12-17(26-2)9-10-19(15)27-3/h4-13H,1-3H3,(H,22,23,24)/b11-6+. The summed E-state index contributed by atoms with van der Waals surface area (Å²) < 4.78 is 15.7. The molecule has 7 heteroatoms. The number of carbonyl (C=O) groups is 1. The number of benzene rings is 2. The molecule has 0 atom stereocenters. The molecule has 1 N–H and O–H groups in total. The van der Waals surface area contributed by atoms with Gasteiger partial charge in [-0.25, -0.2) is 4.98 Å². The van der Waals surface area contributed by atoms with E-state index < -0.39 is 0 Å². The molecule has 0 spiro atoms. The summed E-state index contributed by atoms with van der Waals surface area (Å²) in [6, 6.07) is 13.0. The van der Waals surface area contributed by atoms with Crippen molar-refractivity contribution in [1.29, 1.82) is 0 Å². The lowest BCUT2D eigenvalue weighted by Gasteiger charge is -2.07. The molecule has 0 radical (unpaired) electrons. The third kappa shape index (κ3) is 4.69. The topological polar surface area (TPSA) is 69.7 Å². The molecule has 0 aliphatic rings. The molecule has 0 saturated carbocycles. The number of hydrogen-bond donors (Lipinski definition) is 1. The largest absolute Gasteiger partial charge is 0.497 e. The number of rotatable bonds is 7. The zero-order valence-corrected chi connectivity index (χ0v) is 16.6. The molecule has 0 bridgehead atoms. The van der Waals surface area contributed by atoms with E-state index >= 15 is 0 Å². The maximum atomic E-state index is 12.2. The van der Waals surface area contributed by atoms with E-state index in [2.05, 4.69) is 10.3 Å². The summed E-state index contributed by atoms with van der Waals surface area (Å²) >= 11 is 1.37. The van der Waals surface area contributed by atoms with Crippen LogP contribution in [0, 0.1) is 0 Å². The van der Waals surface area contributed by atoms with E-state index in [9.17, 15) is 4.79 Å². The zero-order chi connectivity index (χ0) is 19.9. The maximum Gasteiger partial charge on any atom is 0.250 e. The molecule has 6 nitrogen and oxygen atoms in total. The number of nitrogens with one attached hydrogen (secondary N) is 1. The van der Waals surface area contributed by atoms with Crippen molar-refractivity contribution in [1.82, 2.24) is 4.98 Å². The predicted molar refractivity (Wildman–Crippen MR) is 111 cm³/mol. The second kappa shape index (κ2) is 9.05. The number of carbonyl (C=O) groups excluding carboxylic acids is 1. The Hall–Kier alpha value is -3.32. The highest BCUT2D eigenvalue weighted by Crippen LogP contribution is 2.27. The Kier molecular flexibility index (Phi) is 6.29. The van der Waals surface area contributed by atoms with Crippen molar-refractivity contribution in [3.8, 4) is 28.5 Å². The van der Waals surface area contributed by atoms with Gasteiger partial charge in [0, 0.05) is 22.6 Å². The first kappa shape index (κ1) is 19.4. The Balaban J connectivity index is 1.68. The van der Waals surface area contributed by atoms with Gasteiger partial charge >= 0.3 is 0 Å². The van der Waals surface area contributed by atoms with Gasteiger partial charge in [0.1, 0.15) is 17.2 Å². The molecule has 0 unspecified atom stereocenters. The Morgan fingerprint density at radius 3 is 2.39 bits per heavy atom. The van der Waals surface area contributed by atoms with Crippen LogP contribution in [0.25, 0.3) is 17.3 Å². The fourth-order valence-corrected chi connectivity index (χ4v) is 3.23. The molecule has 0 aliphatic heterocycles. The highest BCUT2D eigenvalue weighted by molar-refractivity contribution is 7.14. The van der Waals surface area contributed by atoms with Crippen LogP contribution in [0.3, 0.4) is 0 Å². The monoisotopic (exact) mass is 396 g/mol. The van der Waals surface area contributed by atoms with Crippen LogP contribution in [0.15, 0.2) is 53.9 Å². The number of anilines is 1. The van der Waals surface area contributed by atoms with E-state index in [1.807, 2.05) is 29.6 Å². The average Bonchev–Trinajstić information content (AvgIpc) is 3.20. The first-order chi connectivity index (χ1) is 13.6. The van der Waals surface area contributed by atoms with Gasteiger partial charge in [-0.15, -0.1) is 11.3 Å². The number of aromatic nitrogens is 1. The molecule has 3 rings (SSSR count). The Morgan fingerprint density at radius 1 is 1.00 bits per heavy atom. The summed E-state index contributed by atoms with van der Waals surface area (Å²) in [5, 5.41) is 5.20. The molecular formula is C21H20N2O4S. The van der Waals surface area contributed by atoms with E-state index in [-0.39, 0.29) is 5.91 Å². The van der Waals surface area contributed by atoms with Crippen molar-refractivity contribution in [3.63, 3.8) is 0 Å². The summed E-state index contributed by atoms with van der Waals surface area (Å²) in [5.74, 6) is 1.84. The summed E-state index contributed by atoms with van der Waals surface area (Å²) in [6.45, 7) is 0. The molecule has 1 aromatic heterocycles. The number of amides is 1. The molecule has 2 aromatic carbocycles. The van der Waals surface area contributed by atoms with Crippen molar-refractivity contribution < 1.29 is 19.0 Å². The molecule has 144 valence electrons. The van der Waals surface area contributed by atoms with Crippen molar-refractivity contribution in [2.75, 3.05) is 26.6 Å². The summed E-state index contributed by atoms with van der Waals surface area (Å²) in [6.07, 6.45) is 3.11. The maximum absolute atomic E-state index is 12.2. The first-order valence-corrected chi connectivity index (χ1v) is 9.32. The smallest absolute Gasteiger partial charge is 0.250 e. The second-order valence-corrected chi connectivity index (χ2v) is 6.55. The average molecular weight is 396 g/mol. The number of ether oxygens (including phenoxy) is 3. The van der Waals surface area contributed by atoms with Gasteiger partial charge in [-0.3, -0.25) is 10.1 Å². The van der Waals surface area contributed by atoms with Gasteiger partial charge in [0.25, 0.3) is 0 Å². The predicted octanol–water partition coefficient (Wildman–Crippen LogP) is 4.49. The van der Waals surface area contributed by atoms with E-state index in [0.29, 0.717) is 16.6 Å². The molecule has 28 heavy (non-hydrogen) atoms. The zero-order valence-electron chi connectivity index (χ0n) is 15.8. The number of hydrogen-bond acceptors (Lipinski definition) is 6. The van der Waals surface area contributed by atoms with Gasteiger partial charge in [-0.1, -0.05) is 0 Å². The Labute approximate surface area is 167 Å². The van der Waals surface area contributed by atoms with Gasteiger partial charge in [0.2, 0.25) is 5.91 Å². The van der Waals surface area contributed by atoms with Crippen molar-refractivity contribution in [3.05, 3.63) is 59.5 Å². The van der Waals surface area contributed by atoms with E-state index in [1.54, 1.807) is 45.6 Å². The van der Waals surface area contributed by atoms with Crippen molar-refractivity contribution in [2.24, 2.45) is 0 Å². The van der Waals surface area contributed by atoms with E-state index in [0.717, 1.165) is 22.6 Å². The van der Waals surface area contributed by atoms with Crippen LogP contribution in [0.1, 0.15) is 5.56 Å². The molecule has 1 amide bonds. The van der Waals surface area contributed by atoms with Gasteiger partial charge in [-0.05, 0) is 48.5 Å². The van der Waals surface area contributed by atoms with Crippen LogP contribution in [0.5, 0.6) is 17.2 Å². The third-order valence-corrected chi connectivity index (χ3v) is 4.73. The molecule has 0 saturated heterocycles. The van der Waals surface area contributed by atoms with E-state index in [1.165, 1.54) is 17.4 Å². The second-order valence-electron chi connectivity index (χ2n) is 5.70. The van der Waals surface area contributed by atoms with E-state index in [4.69, 9.17) is 14.2 Å². The lowest BCUT2D eigenvalue weighted by atomic mass is 10.1. The van der Waals surface area contributed by atoms with Gasteiger partial charge in [0.15, 0.2) is 5.13 Å². The van der Waals surface area contributed by atoms with Gasteiger partial charge < -0.3 is 14.2 Å². The third-order valence-electron chi connectivity index (χ3n) is 3.97. The van der Waals surface area contributed by atoms with Crippen LogP contribution in [0.2, 0.25) is 0 Å². The minimum Gasteiger partial charge on any atom is -0.497 e. The summed E-state index contributed by atoms with van der Waals surface area (Å²) in [4.78, 5) is 16.7. The molecular weight excluding hydrogens is 376 g/mol. The van der Waals surface area contributed by atoms with Crippen molar-refractivity contribution in [2.45, 2.75) is 0 Å². The highest BCUT2D eigenvalue weighted by Gasteiger charge is 2.08. The Morgan fingerprint density at radius 2 is 1.71 bits per heavy atom. The minimum absolute atomic E-state index is 0.277. The molecule has 3 aromatic rings. The lowest BCUT2D eigenvalue weighted by Crippen LogP contribution is -2.07. The molecule has 0 fully saturated rings. The number of methoxy groups -OCH3 is 3. The minimum atomic E-state index is -0.277. The highest BCUT2D eigenvalue weighted by atomic mass is 32.1. The van der Waals surface area contributed by atoms with Gasteiger partial charge in [-0.2, -0.15) is 0 Å². The van der Waals surface area contributed by atoms with Crippen LogP contribution < -0.4 is 19.5 Å². The fourth-order valence-electron chi connectivity index (χ4n) is 2.51.